The summed E-state index contributed by atoms with van der Waals surface area (Å²) in [5.41, 5.74) is -0.133. The molecule has 0 fully saturated rings. The lowest BCUT2D eigenvalue weighted by atomic mass is 10.0. The Morgan fingerprint density at radius 2 is 1.84 bits per heavy atom. The van der Waals surface area contributed by atoms with Crippen molar-refractivity contribution in [2.24, 2.45) is 0 Å². The molecule has 0 saturated carbocycles. The van der Waals surface area contributed by atoms with Gasteiger partial charge in [0.1, 0.15) is 0 Å². The number of nitrogens with zero attached hydrogens (tertiary/aromatic N) is 1. The summed E-state index contributed by atoms with van der Waals surface area (Å²) >= 11 is 0. The second kappa shape index (κ2) is 5.93. The fourth-order valence-electron chi connectivity index (χ4n) is 1.54. The molecule has 0 aliphatic carbocycles. The normalized spacial score (nSPS) is 11.1. The van der Waals surface area contributed by atoms with Crippen LogP contribution in [0.5, 0.6) is 11.5 Å². The van der Waals surface area contributed by atoms with E-state index in [1.165, 1.54) is 12.0 Å². The van der Waals surface area contributed by atoms with Gasteiger partial charge in [0, 0.05) is 12.6 Å². The van der Waals surface area contributed by atoms with Crippen LogP contribution in [0.3, 0.4) is 0 Å². The predicted octanol–water partition coefficient (Wildman–Crippen LogP) is 1.55. The van der Waals surface area contributed by atoms with Gasteiger partial charge in [0.05, 0.1) is 26.4 Å². The van der Waals surface area contributed by atoms with Crippen LogP contribution in [-0.2, 0) is 0 Å². The molecule has 106 valence electrons. The highest BCUT2D eigenvalue weighted by molar-refractivity contribution is 5.95. The molecule has 0 atom stereocenters. The van der Waals surface area contributed by atoms with Crippen LogP contribution in [-0.4, -0.2) is 49.3 Å². The fourth-order valence-corrected chi connectivity index (χ4v) is 1.54. The van der Waals surface area contributed by atoms with Gasteiger partial charge in [0.25, 0.3) is 5.91 Å². The fraction of sp³-hybridized carbons (Fsp3) is 0.500. The number of likely N-dealkylation sites (N-methyl/N-ethyl adjacent to an activating group) is 1. The lowest BCUT2D eigenvalue weighted by molar-refractivity contribution is 0.0473. The van der Waals surface area contributed by atoms with Gasteiger partial charge in [-0.1, -0.05) is 0 Å². The van der Waals surface area contributed by atoms with Crippen LogP contribution in [0, 0.1) is 0 Å². The molecule has 0 radical (unpaired) electrons. The maximum absolute atomic E-state index is 12.3. The molecule has 1 aromatic rings. The highest BCUT2D eigenvalue weighted by atomic mass is 16.5. The predicted molar refractivity (Wildman–Crippen MR) is 72.8 cm³/mol. The number of amides is 1. The van der Waals surface area contributed by atoms with E-state index in [0.29, 0.717) is 17.1 Å². The molecule has 0 aliphatic rings. The Balaban J connectivity index is 3.07. The van der Waals surface area contributed by atoms with E-state index in [0.717, 1.165) is 0 Å². The van der Waals surface area contributed by atoms with Crippen LogP contribution in [0.15, 0.2) is 18.2 Å². The van der Waals surface area contributed by atoms with Crippen LogP contribution >= 0.6 is 0 Å². The van der Waals surface area contributed by atoms with Gasteiger partial charge >= 0.3 is 0 Å². The molecule has 1 N–H and O–H groups in total. The SMILES string of the molecule is COc1ccc(C(=O)N(C)C(C)(C)CO)cc1OC. The van der Waals surface area contributed by atoms with Gasteiger partial charge in [0.15, 0.2) is 11.5 Å². The first-order valence-electron chi connectivity index (χ1n) is 5.98. The number of aliphatic hydroxyl groups is 1. The Morgan fingerprint density at radius 3 is 2.32 bits per heavy atom. The topological polar surface area (TPSA) is 59.0 Å². The highest BCUT2D eigenvalue weighted by Crippen LogP contribution is 2.28. The molecule has 0 unspecified atom stereocenters. The van der Waals surface area contributed by atoms with Gasteiger partial charge in [-0.3, -0.25) is 4.79 Å². The summed E-state index contributed by atoms with van der Waals surface area (Å²) < 4.78 is 10.3. The zero-order valence-corrected chi connectivity index (χ0v) is 12.1. The Morgan fingerprint density at radius 1 is 1.26 bits per heavy atom. The summed E-state index contributed by atoms with van der Waals surface area (Å²) in [6.07, 6.45) is 0. The van der Waals surface area contributed by atoms with E-state index >= 15 is 0 Å². The highest BCUT2D eigenvalue weighted by Gasteiger charge is 2.28. The summed E-state index contributed by atoms with van der Waals surface area (Å²) in [6, 6.07) is 4.99. The Hall–Kier alpha value is -1.75. The zero-order valence-electron chi connectivity index (χ0n) is 12.1. The van der Waals surface area contributed by atoms with Crippen molar-refractivity contribution in [3.05, 3.63) is 23.8 Å². The number of hydrogen-bond donors (Lipinski definition) is 1. The second-order valence-corrected chi connectivity index (χ2v) is 4.90. The van der Waals surface area contributed by atoms with Gasteiger partial charge in [-0.15, -0.1) is 0 Å². The molecule has 19 heavy (non-hydrogen) atoms. The first-order valence-corrected chi connectivity index (χ1v) is 5.98. The van der Waals surface area contributed by atoms with Crippen LogP contribution in [0.2, 0.25) is 0 Å². The molecule has 1 aromatic carbocycles. The number of benzene rings is 1. The molecule has 0 bridgehead atoms. The van der Waals surface area contributed by atoms with Crippen molar-refractivity contribution < 1.29 is 19.4 Å². The maximum Gasteiger partial charge on any atom is 0.254 e. The molecule has 0 heterocycles. The summed E-state index contributed by atoms with van der Waals surface area (Å²) in [4.78, 5) is 13.8. The van der Waals surface area contributed by atoms with Gasteiger partial charge in [-0.25, -0.2) is 0 Å². The lowest BCUT2D eigenvalue weighted by Crippen LogP contribution is -2.47. The second-order valence-electron chi connectivity index (χ2n) is 4.90. The average Bonchev–Trinajstić information content (AvgIpc) is 2.44. The minimum absolute atomic E-state index is 0.109. The molecule has 5 heteroatoms. The van der Waals surface area contributed by atoms with Crippen LogP contribution in [0.4, 0.5) is 0 Å². The number of hydrogen-bond acceptors (Lipinski definition) is 4. The third-order valence-electron chi connectivity index (χ3n) is 3.23. The molecule has 5 nitrogen and oxygen atoms in total. The van der Waals surface area contributed by atoms with Gasteiger partial charge < -0.3 is 19.5 Å². The standard InChI is InChI=1S/C14H21NO4/c1-14(2,9-16)15(3)13(17)10-6-7-11(18-4)12(8-10)19-5/h6-8,16H,9H2,1-5H3. The van der Waals surface area contributed by atoms with E-state index in [2.05, 4.69) is 0 Å². The monoisotopic (exact) mass is 267 g/mol. The van der Waals surface area contributed by atoms with Gasteiger partial charge in [-0.05, 0) is 32.0 Å². The van der Waals surface area contributed by atoms with Gasteiger partial charge in [0.2, 0.25) is 0 Å². The van der Waals surface area contributed by atoms with Crippen molar-refractivity contribution in [1.82, 2.24) is 4.90 Å². The largest absolute Gasteiger partial charge is 0.493 e. The van der Waals surface area contributed by atoms with Crippen molar-refractivity contribution in [3.63, 3.8) is 0 Å². The van der Waals surface area contributed by atoms with Crippen molar-refractivity contribution in [2.45, 2.75) is 19.4 Å². The van der Waals surface area contributed by atoms with E-state index < -0.39 is 5.54 Å². The third-order valence-corrected chi connectivity index (χ3v) is 3.23. The van der Waals surface area contributed by atoms with Crippen LogP contribution in [0.25, 0.3) is 0 Å². The van der Waals surface area contributed by atoms with Crippen LogP contribution in [0.1, 0.15) is 24.2 Å². The first-order chi connectivity index (χ1) is 8.87. The van der Waals surface area contributed by atoms with Crippen molar-refractivity contribution in [3.8, 4) is 11.5 Å². The van der Waals surface area contributed by atoms with Crippen molar-refractivity contribution in [2.75, 3.05) is 27.9 Å². The van der Waals surface area contributed by atoms with Crippen LogP contribution < -0.4 is 9.47 Å². The smallest absolute Gasteiger partial charge is 0.254 e. The van der Waals surface area contributed by atoms with E-state index in [4.69, 9.17) is 9.47 Å². The number of carbonyl (C=O) groups excluding carboxylic acids is 1. The lowest BCUT2D eigenvalue weighted by Gasteiger charge is -2.34. The zero-order chi connectivity index (χ0) is 14.6. The molecular formula is C14H21NO4. The van der Waals surface area contributed by atoms with Gasteiger partial charge in [-0.2, -0.15) is 0 Å². The number of ether oxygens (including phenoxy) is 2. The third kappa shape index (κ3) is 3.17. The summed E-state index contributed by atoms with van der Waals surface area (Å²) in [5, 5.41) is 9.30. The van der Waals surface area contributed by atoms with E-state index in [9.17, 15) is 9.90 Å². The van der Waals surface area contributed by atoms with E-state index in [1.807, 2.05) is 0 Å². The summed E-state index contributed by atoms with van der Waals surface area (Å²) in [7, 11) is 4.73. The summed E-state index contributed by atoms with van der Waals surface area (Å²) in [6.45, 7) is 3.49. The van der Waals surface area contributed by atoms with Crippen molar-refractivity contribution in [1.29, 1.82) is 0 Å². The molecule has 0 spiro atoms. The summed E-state index contributed by atoms with van der Waals surface area (Å²) in [5.74, 6) is 0.895. The Labute approximate surface area is 113 Å². The van der Waals surface area contributed by atoms with E-state index in [-0.39, 0.29) is 12.5 Å². The Kier molecular flexibility index (Phi) is 4.78. The maximum atomic E-state index is 12.3. The molecule has 0 saturated heterocycles. The molecule has 1 amide bonds. The van der Waals surface area contributed by atoms with E-state index in [1.54, 1.807) is 46.2 Å². The number of aliphatic hydroxyl groups excluding tert-OH is 1. The first kappa shape index (κ1) is 15.3. The minimum atomic E-state index is -0.621. The number of methoxy groups -OCH3 is 2. The van der Waals surface area contributed by atoms with Crippen molar-refractivity contribution >= 4 is 5.91 Å². The minimum Gasteiger partial charge on any atom is -0.493 e. The number of carbonyl (C=O) groups is 1. The quantitative estimate of drug-likeness (QED) is 0.879. The molecule has 0 aromatic heterocycles. The number of rotatable bonds is 5. The molecule has 0 aliphatic heterocycles. The molecule has 1 rings (SSSR count). The molecular weight excluding hydrogens is 246 g/mol. The average molecular weight is 267 g/mol. The Bertz CT molecular complexity index is 457.